The third-order valence-corrected chi connectivity index (χ3v) is 2.77. The van der Waals surface area contributed by atoms with E-state index in [2.05, 4.69) is 9.97 Å². The number of nitrogens with zero attached hydrogens (tertiary/aromatic N) is 2. The molecule has 0 amide bonds. The van der Waals surface area contributed by atoms with Crippen molar-refractivity contribution in [1.82, 2.24) is 9.97 Å². The van der Waals surface area contributed by atoms with E-state index < -0.39 is 0 Å². The highest BCUT2D eigenvalue weighted by Crippen LogP contribution is 2.23. The fourth-order valence-corrected chi connectivity index (χ4v) is 1.87. The molecule has 3 rings (SSSR count). The molecule has 0 unspecified atom stereocenters. The number of ether oxygens (including phenoxy) is 1. The summed E-state index contributed by atoms with van der Waals surface area (Å²) in [5, 5.41) is 0. The van der Waals surface area contributed by atoms with Gasteiger partial charge in [-0.25, -0.2) is 4.98 Å². The molecule has 4 nitrogen and oxygen atoms in total. The summed E-state index contributed by atoms with van der Waals surface area (Å²) in [7, 11) is 1.65. The first kappa shape index (κ1) is 10.8. The number of fused-ring (bicyclic) bond motifs is 1. The van der Waals surface area contributed by atoms with Crippen molar-refractivity contribution in [2.75, 3.05) is 7.11 Å². The van der Waals surface area contributed by atoms with Crippen LogP contribution in [0.3, 0.4) is 0 Å². The van der Waals surface area contributed by atoms with E-state index >= 15 is 0 Å². The predicted octanol–water partition coefficient (Wildman–Crippen LogP) is 3.21. The summed E-state index contributed by atoms with van der Waals surface area (Å²) in [5.41, 5.74) is 3.44. The number of hydrogen-bond donors (Lipinski definition) is 0. The van der Waals surface area contributed by atoms with Crippen LogP contribution in [-0.2, 0) is 0 Å². The van der Waals surface area contributed by atoms with Crippen molar-refractivity contribution >= 4 is 11.1 Å². The molecule has 0 fully saturated rings. The fourth-order valence-electron chi connectivity index (χ4n) is 1.87. The van der Waals surface area contributed by atoms with Gasteiger partial charge >= 0.3 is 0 Å². The van der Waals surface area contributed by atoms with Gasteiger partial charge in [0.1, 0.15) is 11.3 Å². The van der Waals surface area contributed by atoms with Gasteiger partial charge in [0.25, 0.3) is 0 Å². The molecule has 0 aliphatic rings. The Bertz CT molecular complexity index is 687. The number of aryl methyl sites for hydroxylation is 1. The van der Waals surface area contributed by atoms with Gasteiger partial charge in [0, 0.05) is 12.5 Å². The molecule has 3 aromatic rings. The molecule has 0 N–H and O–H groups in total. The van der Waals surface area contributed by atoms with Crippen LogP contribution < -0.4 is 4.74 Å². The molecule has 18 heavy (non-hydrogen) atoms. The molecule has 90 valence electrons. The van der Waals surface area contributed by atoms with Gasteiger partial charge in [-0.05, 0) is 30.3 Å². The summed E-state index contributed by atoms with van der Waals surface area (Å²) in [6, 6.07) is 9.69. The van der Waals surface area contributed by atoms with Crippen molar-refractivity contribution in [2.24, 2.45) is 0 Å². The Morgan fingerprint density at radius 3 is 2.67 bits per heavy atom. The third-order valence-electron chi connectivity index (χ3n) is 2.77. The normalized spacial score (nSPS) is 10.8. The lowest BCUT2D eigenvalue weighted by Crippen LogP contribution is -1.85. The second kappa shape index (κ2) is 4.14. The molecule has 0 atom stereocenters. The molecule has 2 aromatic heterocycles. The van der Waals surface area contributed by atoms with Crippen molar-refractivity contribution in [2.45, 2.75) is 6.92 Å². The average molecular weight is 240 g/mol. The van der Waals surface area contributed by atoms with E-state index in [0.29, 0.717) is 11.5 Å². The molecular formula is C14H12N2O2. The van der Waals surface area contributed by atoms with Gasteiger partial charge in [-0.3, -0.25) is 4.98 Å². The van der Waals surface area contributed by atoms with Crippen molar-refractivity contribution < 1.29 is 9.15 Å². The van der Waals surface area contributed by atoms with Gasteiger partial charge in [-0.15, -0.1) is 0 Å². The second-order valence-electron chi connectivity index (χ2n) is 4.00. The number of aromatic nitrogens is 2. The van der Waals surface area contributed by atoms with Crippen molar-refractivity contribution in [1.29, 1.82) is 0 Å². The number of pyridine rings is 1. The summed E-state index contributed by atoms with van der Waals surface area (Å²) in [4.78, 5) is 8.67. The third kappa shape index (κ3) is 1.82. The first-order valence-corrected chi connectivity index (χ1v) is 5.64. The highest BCUT2D eigenvalue weighted by atomic mass is 16.5. The van der Waals surface area contributed by atoms with E-state index in [4.69, 9.17) is 9.15 Å². The van der Waals surface area contributed by atoms with Crippen LogP contribution in [0.1, 0.15) is 5.89 Å². The Morgan fingerprint density at radius 2 is 1.94 bits per heavy atom. The van der Waals surface area contributed by atoms with Gasteiger partial charge in [-0.1, -0.05) is 0 Å². The minimum absolute atomic E-state index is 0.652. The Kier molecular flexibility index (Phi) is 2.48. The zero-order chi connectivity index (χ0) is 12.5. The van der Waals surface area contributed by atoms with Crippen molar-refractivity contribution in [3.05, 3.63) is 42.4 Å². The lowest BCUT2D eigenvalue weighted by Gasteiger charge is -2.02. The first-order valence-electron chi connectivity index (χ1n) is 5.64. The summed E-state index contributed by atoms with van der Waals surface area (Å²) in [6.07, 6.45) is 1.70. The van der Waals surface area contributed by atoms with Crippen molar-refractivity contribution in [3.63, 3.8) is 0 Å². The van der Waals surface area contributed by atoms with E-state index in [1.54, 1.807) is 13.3 Å². The first-order chi connectivity index (χ1) is 8.76. The summed E-state index contributed by atoms with van der Waals surface area (Å²) in [6.45, 7) is 1.83. The Labute approximate surface area is 104 Å². The van der Waals surface area contributed by atoms with E-state index in [9.17, 15) is 0 Å². The second-order valence-corrected chi connectivity index (χ2v) is 4.00. The monoisotopic (exact) mass is 240 g/mol. The molecule has 0 radical (unpaired) electrons. The van der Waals surface area contributed by atoms with Crippen LogP contribution >= 0.6 is 0 Å². The van der Waals surface area contributed by atoms with E-state index in [0.717, 1.165) is 22.5 Å². The fraction of sp³-hybridized carbons (Fsp3) is 0.143. The van der Waals surface area contributed by atoms with Crippen LogP contribution in [0, 0.1) is 6.92 Å². The molecule has 2 heterocycles. The maximum atomic E-state index is 5.40. The van der Waals surface area contributed by atoms with Gasteiger partial charge in [0.05, 0.1) is 19.0 Å². The number of oxazole rings is 1. The molecule has 0 saturated carbocycles. The summed E-state index contributed by atoms with van der Waals surface area (Å²) in [5.74, 6) is 1.48. The molecule has 1 aromatic carbocycles. The Balaban J connectivity index is 2.06. The number of hydrogen-bond acceptors (Lipinski definition) is 4. The zero-order valence-electron chi connectivity index (χ0n) is 10.2. The standard InChI is InChI=1S/C14H12N2O2/c1-9-16-13-7-12(15-8-14(13)18-9)10-3-5-11(17-2)6-4-10/h3-8H,1-2H3. The van der Waals surface area contributed by atoms with Crippen LogP contribution in [0.25, 0.3) is 22.4 Å². The number of rotatable bonds is 2. The van der Waals surface area contributed by atoms with Crippen LogP contribution in [0.5, 0.6) is 5.75 Å². The van der Waals surface area contributed by atoms with Gasteiger partial charge < -0.3 is 9.15 Å². The SMILES string of the molecule is COc1ccc(-c2cc3nc(C)oc3cn2)cc1. The Hall–Kier alpha value is -2.36. The van der Waals surface area contributed by atoms with E-state index in [1.165, 1.54) is 0 Å². The highest BCUT2D eigenvalue weighted by Gasteiger charge is 2.06. The minimum atomic E-state index is 0.652. The largest absolute Gasteiger partial charge is 0.497 e. The van der Waals surface area contributed by atoms with Crippen molar-refractivity contribution in [3.8, 4) is 17.0 Å². The number of benzene rings is 1. The van der Waals surface area contributed by atoms with Gasteiger partial charge in [0.15, 0.2) is 11.5 Å². The lowest BCUT2D eigenvalue weighted by atomic mass is 10.1. The molecule has 0 aliphatic carbocycles. The summed E-state index contributed by atoms with van der Waals surface area (Å²) < 4.78 is 10.5. The Morgan fingerprint density at radius 1 is 1.17 bits per heavy atom. The zero-order valence-corrected chi connectivity index (χ0v) is 10.2. The molecule has 4 heteroatoms. The average Bonchev–Trinajstić information content (AvgIpc) is 2.78. The number of methoxy groups -OCH3 is 1. The molecule has 0 bridgehead atoms. The van der Waals surface area contributed by atoms with E-state index in [-0.39, 0.29) is 0 Å². The van der Waals surface area contributed by atoms with E-state index in [1.807, 2.05) is 37.3 Å². The minimum Gasteiger partial charge on any atom is -0.497 e. The van der Waals surface area contributed by atoms with Gasteiger partial charge in [0.2, 0.25) is 0 Å². The quantitative estimate of drug-likeness (QED) is 0.690. The van der Waals surface area contributed by atoms with Gasteiger partial charge in [-0.2, -0.15) is 0 Å². The van der Waals surface area contributed by atoms with Crippen LogP contribution in [0.15, 0.2) is 40.9 Å². The van der Waals surface area contributed by atoms with Crippen LogP contribution in [0.4, 0.5) is 0 Å². The molecule has 0 spiro atoms. The molecule has 0 saturated heterocycles. The topological polar surface area (TPSA) is 48.2 Å². The smallest absolute Gasteiger partial charge is 0.192 e. The van der Waals surface area contributed by atoms with Crippen LogP contribution in [0.2, 0.25) is 0 Å². The van der Waals surface area contributed by atoms with Crippen LogP contribution in [-0.4, -0.2) is 17.1 Å². The maximum Gasteiger partial charge on any atom is 0.192 e. The summed E-state index contributed by atoms with van der Waals surface area (Å²) >= 11 is 0. The molecular weight excluding hydrogens is 228 g/mol. The lowest BCUT2D eigenvalue weighted by molar-refractivity contribution is 0.415. The maximum absolute atomic E-state index is 5.40. The highest BCUT2D eigenvalue weighted by molar-refractivity contribution is 5.77. The predicted molar refractivity (Wildman–Crippen MR) is 68.5 cm³/mol. The molecule has 0 aliphatic heterocycles.